The van der Waals surface area contributed by atoms with E-state index in [1.165, 1.54) is 0 Å². The van der Waals surface area contributed by atoms with Crippen molar-refractivity contribution in [2.45, 2.75) is 46.7 Å². The van der Waals surface area contributed by atoms with Crippen molar-refractivity contribution in [3.8, 4) is 0 Å². The number of hydrogen-bond donors (Lipinski definition) is 0. The first-order valence-corrected chi connectivity index (χ1v) is 3.85. The Hall–Kier alpha value is 0.557. The van der Waals surface area contributed by atoms with Gasteiger partial charge in [-0.1, -0.05) is 6.92 Å². The van der Waals surface area contributed by atoms with Crippen molar-refractivity contribution >= 4 is 0 Å². The van der Waals surface area contributed by atoms with E-state index in [0.29, 0.717) is 12.1 Å². The monoisotopic (exact) mass is 137 g/mol. The third kappa shape index (κ3) is 4.39. The molecular formula is C8H20LiN. The molecule has 0 bridgehead atoms. The zero-order valence-corrected chi connectivity index (χ0v) is 8.31. The summed E-state index contributed by atoms with van der Waals surface area (Å²) in [6, 6.07) is 1.38. The first-order chi connectivity index (χ1) is 4.09. The number of rotatable bonds is 3. The van der Waals surface area contributed by atoms with Crippen LogP contribution in [0.15, 0.2) is 0 Å². The second-order valence-corrected chi connectivity index (χ2v) is 3.02. The first-order valence-electron chi connectivity index (χ1n) is 3.85. The van der Waals surface area contributed by atoms with E-state index in [9.17, 15) is 0 Å². The van der Waals surface area contributed by atoms with Crippen LogP contribution in [0.4, 0.5) is 0 Å². The van der Waals surface area contributed by atoms with Gasteiger partial charge in [-0.15, -0.1) is 0 Å². The van der Waals surface area contributed by atoms with Crippen molar-refractivity contribution in [1.82, 2.24) is 4.90 Å². The summed E-state index contributed by atoms with van der Waals surface area (Å²) in [5, 5.41) is 0. The molecule has 0 saturated heterocycles. The summed E-state index contributed by atoms with van der Waals surface area (Å²) in [6.07, 6.45) is 0. The maximum atomic E-state index is 2.46. The Kier molecular flexibility index (Phi) is 8.27. The van der Waals surface area contributed by atoms with E-state index in [0.717, 1.165) is 6.54 Å². The molecule has 1 nitrogen and oxygen atoms in total. The third-order valence-corrected chi connectivity index (χ3v) is 1.69. The Bertz CT molecular complexity index is 68.5. The molecule has 0 aromatic carbocycles. The zero-order valence-electron chi connectivity index (χ0n) is 9.31. The van der Waals surface area contributed by atoms with E-state index in [-0.39, 0.29) is 20.3 Å². The van der Waals surface area contributed by atoms with E-state index in [1.54, 1.807) is 0 Å². The molecule has 0 amide bonds. The summed E-state index contributed by atoms with van der Waals surface area (Å²) in [5.41, 5.74) is 0. The SMILES string of the molecule is CCN(C(C)C)C(C)C.[H-].[Li+]. The number of hydrogen-bond acceptors (Lipinski definition) is 1. The molecule has 0 aromatic heterocycles. The minimum Gasteiger partial charge on any atom is -1.00 e. The van der Waals surface area contributed by atoms with Gasteiger partial charge in [0.2, 0.25) is 0 Å². The molecule has 0 aromatic rings. The fourth-order valence-corrected chi connectivity index (χ4v) is 1.33. The molecule has 0 N–H and O–H groups in total. The van der Waals surface area contributed by atoms with Crippen LogP contribution in [0.25, 0.3) is 0 Å². The third-order valence-electron chi connectivity index (χ3n) is 1.69. The normalized spacial score (nSPS) is 10.8. The van der Waals surface area contributed by atoms with Gasteiger partial charge in [-0.3, -0.25) is 4.90 Å². The van der Waals surface area contributed by atoms with Crippen LogP contribution < -0.4 is 18.9 Å². The molecule has 0 heterocycles. The van der Waals surface area contributed by atoms with Crippen LogP contribution in [0.5, 0.6) is 0 Å². The average Bonchev–Trinajstić information content (AvgIpc) is 1.64. The quantitative estimate of drug-likeness (QED) is 0.462. The van der Waals surface area contributed by atoms with Crippen LogP contribution in [0.1, 0.15) is 36.0 Å². The molecule has 0 aliphatic heterocycles. The van der Waals surface area contributed by atoms with Gasteiger partial charge < -0.3 is 1.43 Å². The van der Waals surface area contributed by atoms with Gasteiger partial charge in [-0.2, -0.15) is 0 Å². The first kappa shape index (κ1) is 13.2. The Balaban J connectivity index is -0.000000320. The van der Waals surface area contributed by atoms with Gasteiger partial charge in [0.1, 0.15) is 0 Å². The molecule has 0 aliphatic rings. The fraction of sp³-hybridized carbons (Fsp3) is 1.00. The van der Waals surface area contributed by atoms with E-state index in [1.807, 2.05) is 0 Å². The van der Waals surface area contributed by atoms with Crippen LogP contribution >= 0.6 is 0 Å². The summed E-state index contributed by atoms with van der Waals surface area (Å²) in [4.78, 5) is 2.46. The summed E-state index contributed by atoms with van der Waals surface area (Å²) in [6.45, 7) is 12.3. The van der Waals surface area contributed by atoms with Gasteiger partial charge in [0.25, 0.3) is 0 Å². The predicted molar refractivity (Wildman–Crippen MR) is 43.8 cm³/mol. The Labute approximate surface area is 78.8 Å². The van der Waals surface area contributed by atoms with Gasteiger partial charge in [0.05, 0.1) is 0 Å². The van der Waals surface area contributed by atoms with Crippen LogP contribution in [0.3, 0.4) is 0 Å². The minimum atomic E-state index is 0. The van der Waals surface area contributed by atoms with E-state index < -0.39 is 0 Å². The van der Waals surface area contributed by atoms with Crippen LogP contribution in [-0.4, -0.2) is 23.5 Å². The largest absolute Gasteiger partial charge is 1.00 e. The Morgan fingerprint density at radius 2 is 1.40 bits per heavy atom. The molecule has 2 heteroatoms. The van der Waals surface area contributed by atoms with Gasteiger partial charge in [-0.05, 0) is 34.2 Å². The van der Waals surface area contributed by atoms with Crippen LogP contribution in [0.2, 0.25) is 0 Å². The second kappa shape index (κ2) is 6.28. The van der Waals surface area contributed by atoms with Gasteiger partial charge in [0, 0.05) is 12.1 Å². The summed E-state index contributed by atoms with van der Waals surface area (Å²) >= 11 is 0. The molecule has 0 fully saturated rings. The second-order valence-electron chi connectivity index (χ2n) is 3.02. The van der Waals surface area contributed by atoms with Crippen LogP contribution in [-0.2, 0) is 0 Å². The van der Waals surface area contributed by atoms with Gasteiger partial charge in [-0.25, -0.2) is 0 Å². The van der Waals surface area contributed by atoms with Crippen molar-refractivity contribution in [1.29, 1.82) is 0 Å². The van der Waals surface area contributed by atoms with Crippen molar-refractivity contribution in [3.05, 3.63) is 0 Å². The summed E-state index contributed by atoms with van der Waals surface area (Å²) < 4.78 is 0. The van der Waals surface area contributed by atoms with Gasteiger partial charge >= 0.3 is 18.9 Å². The molecule has 0 saturated carbocycles. The van der Waals surface area contributed by atoms with Crippen LogP contribution in [0, 0.1) is 0 Å². The molecule has 0 atom stereocenters. The van der Waals surface area contributed by atoms with E-state index in [4.69, 9.17) is 0 Å². The van der Waals surface area contributed by atoms with Crippen molar-refractivity contribution < 1.29 is 20.3 Å². The number of nitrogens with zero attached hydrogens (tertiary/aromatic N) is 1. The van der Waals surface area contributed by atoms with Crippen molar-refractivity contribution in [2.24, 2.45) is 0 Å². The van der Waals surface area contributed by atoms with Crippen molar-refractivity contribution in [2.75, 3.05) is 6.54 Å². The molecule has 0 rings (SSSR count). The standard InChI is InChI=1S/C8H19N.Li.H/c1-6-9(7(2)3)8(4)5;;/h7-8H,6H2,1-5H3;;/q;+1;-1. The smallest absolute Gasteiger partial charge is 1.00 e. The topological polar surface area (TPSA) is 3.24 Å². The molecular weight excluding hydrogens is 117 g/mol. The maximum absolute atomic E-state index is 2.46. The Morgan fingerprint density at radius 1 is 1.10 bits per heavy atom. The molecule has 0 spiro atoms. The molecule has 0 unspecified atom stereocenters. The van der Waals surface area contributed by atoms with Gasteiger partial charge in [0.15, 0.2) is 0 Å². The molecule has 0 aliphatic carbocycles. The average molecular weight is 137 g/mol. The summed E-state index contributed by atoms with van der Waals surface area (Å²) in [7, 11) is 0. The van der Waals surface area contributed by atoms with E-state index >= 15 is 0 Å². The minimum absolute atomic E-state index is 0. The Morgan fingerprint density at radius 3 is 1.40 bits per heavy atom. The molecule has 10 heavy (non-hydrogen) atoms. The predicted octanol–water partition coefficient (Wildman–Crippen LogP) is -0.758. The zero-order chi connectivity index (χ0) is 7.44. The molecule has 58 valence electrons. The van der Waals surface area contributed by atoms with Crippen molar-refractivity contribution in [3.63, 3.8) is 0 Å². The summed E-state index contributed by atoms with van der Waals surface area (Å²) in [5.74, 6) is 0. The molecule has 0 radical (unpaired) electrons. The maximum Gasteiger partial charge on any atom is 1.00 e. The van der Waals surface area contributed by atoms with E-state index in [2.05, 4.69) is 39.5 Å². The fourth-order valence-electron chi connectivity index (χ4n) is 1.33.